The Morgan fingerprint density at radius 1 is 1.00 bits per heavy atom. The molecule has 3 aromatic carbocycles. The van der Waals surface area contributed by atoms with Crippen molar-refractivity contribution in [2.45, 2.75) is 37.8 Å². The molecule has 0 aromatic heterocycles. The number of amides is 2. The van der Waals surface area contributed by atoms with Crippen LogP contribution in [0, 0.1) is 5.82 Å². The summed E-state index contributed by atoms with van der Waals surface area (Å²) in [5.41, 5.74) is 0.861. The molecule has 39 heavy (non-hydrogen) atoms. The van der Waals surface area contributed by atoms with Gasteiger partial charge in [-0.3, -0.25) is 13.9 Å². The molecular weight excluding hydrogens is 589 g/mol. The minimum Gasteiger partial charge on any atom is -0.497 e. The maximum absolute atomic E-state index is 13.8. The first-order valence-electron chi connectivity index (χ1n) is 12.3. The summed E-state index contributed by atoms with van der Waals surface area (Å²) in [5.74, 6) is -1.04. The van der Waals surface area contributed by atoms with Gasteiger partial charge in [-0.1, -0.05) is 35.0 Å². The third-order valence-corrected chi connectivity index (χ3v) is 8.34. The molecule has 1 atom stereocenters. The van der Waals surface area contributed by atoms with E-state index in [1.807, 2.05) is 31.2 Å². The number of rotatable bonds is 12. The molecule has 1 N–H and O–H groups in total. The quantitative estimate of drug-likeness (QED) is 0.316. The summed E-state index contributed by atoms with van der Waals surface area (Å²) in [6.07, 6.45) is 0.720. The van der Waals surface area contributed by atoms with E-state index in [9.17, 15) is 22.4 Å². The number of anilines is 1. The Bertz CT molecular complexity index is 1370. The van der Waals surface area contributed by atoms with Crippen molar-refractivity contribution in [2.24, 2.45) is 0 Å². The van der Waals surface area contributed by atoms with Gasteiger partial charge in [0.2, 0.25) is 11.8 Å². The van der Waals surface area contributed by atoms with Gasteiger partial charge in [-0.15, -0.1) is 0 Å². The second kappa shape index (κ2) is 13.6. The lowest BCUT2D eigenvalue weighted by atomic mass is 10.1. The molecule has 0 unspecified atom stereocenters. The summed E-state index contributed by atoms with van der Waals surface area (Å²) < 4.78 is 48.1. The van der Waals surface area contributed by atoms with Gasteiger partial charge in [0.25, 0.3) is 10.0 Å². The highest BCUT2D eigenvalue weighted by atomic mass is 79.9. The molecular formula is C28H31BrFN3O5S. The van der Waals surface area contributed by atoms with Crippen LogP contribution in [0.5, 0.6) is 5.75 Å². The zero-order valence-corrected chi connectivity index (χ0v) is 24.3. The molecule has 0 aliphatic heterocycles. The van der Waals surface area contributed by atoms with Gasteiger partial charge in [-0.05, 0) is 79.6 Å². The molecule has 0 saturated carbocycles. The fourth-order valence-electron chi connectivity index (χ4n) is 3.78. The van der Waals surface area contributed by atoms with Gasteiger partial charge in [-0.25, -0.2) is 12.8 Å². The Labute approximate surface area is 236 Å². The van der Waals surface area contributed by atoms with Crippen molar-refractivity contribution < 1.29 is 27.1 Å². The SMILES string of the molecule is CCCNC(=O)[C@@H](C)N(Cc1ccc(Br)cc1)C(=O)CN(c1ccc(F)cc1)S(=O)(=O)c1ccc(OC)cc1. The summed E-state index contributed by atoms with van der Waals surface area (Å²) in [7, 11) is -2.79. The molecule has 0 aliphatic rings. The smallest absolute Gasteiger partial charge is 0.264 e. The lowest BCUT2D eigenvalue weighted by Gasteiger charge is -2.32. The first-order chi connectivity index (χ1) is 18.6. The summed E-state index contributed by atoms with van der Waals surface area (Å²) in [6, 6.07) is 16.9. The van der Waals surface area contributed by atoms with E-state index in [-0.39, 0.29) is 23.0 Å². The molecule has 0 fully saturated rings. The molecule has 0 bridgehead atoms. The van der Waals surface area contributed by atoms with E-state index in [1.165, 1.54) is 48.4 Å². The van der Waals surface area contributed by atoms with E-state index in [2.05, 4.69) is 21.2 Å². The maximum Gasteiger partial charge on any atom is 0.264 e. The number of ether oxygens (including phenoxy) is 1. The van der Waals surface area contributed by atoms with E-state index in [0.717, 1.165) is 32.9 Å². The first-order valence-corrected chi connectivity index (χ1v) is 14.5. The van der Waals surface area contributed by atoms with Gasteiger partial charge in [0.1, 0.15) is 24.2 Å². The molecule has 3 aromatic rings. The molecule has 8 nitrogen and oxygen atoms in total. The van der Waals surface area contributed by atoms with Gasteiger partial charge in [0.15, 0.2) is 0 Å². The van der Waals surface area contributed by atoms with E-state index >= 15 is 0 Å². The number of halogens is 2. The predicted octanol–water partition coefficient (Wildman–Crippen LogP) is 4.74. The number of sulfonamides is 1. The number of nitrogens with one attached hydrogen (secondary N) is 1. The standard InChI is InChI=1S/C28H31BrFN3O5S/c1-4-17-31-28(35)20(2)32(18-21-5-7-22(29)8-6-21)27(34)19-33(24-11-9-23(30)10-12-24)39(36,37)26-15-13-25(38-3)14-16-26/h5-16,20H,4,17-19H2,1-3H3,(H,31,35)/t20-/m1/s1. The molecule has 11 heteroatoms. The van der Waals surface area contributed by atoms with Gasteiger partial charge in [-0.2, -0.15) is 0 Å². The van der Waals surface area contributed by atoms with Crippen LogP contribution in [0.1, 0.15) is 25.8 Å². The van der Waals surface area contributed by atoms with E-state index in [1.54, 1.807) is 6.92 Å². The van der Waals surface area contributed by atoms with Gasteiger partial charge >= 0.3 is 0 Å². The van der Waals surface area contributed by atoms with Crippen LogP contribution in [0.3, 0.4) is 0 Å². The molecule has 2 amide bonds. The molecule has 0 saturated heterocycles. The Kier molecular flexibility index (Phi) is 10.5. The Morgan fingerprint density at radius 2 is 1.62 bits per heavy atom. The minimum atomic E-state index is -4.26. The van der Waals surface area contributed by atoms with Crippen LogP contribution in [0.2, 0.25) is 0 Å². The summed E-state index contributed by atoms with van der Waals surface area (Å²) in [6.45, 7) is 3.42. The second-order valence-electron chi connectivity index (χ2n) is 8.78. The Morgan fingerprint density at radius 3 is 2.18 bits per heavy atom. The van der Waals surface area contributed by atoms with Crippen LogP contribution in [0.25, 0.3) is 0 Å². The highest BCUT2D eigenvalue weighted by molar-refractivity contribution is 9.10. The van der Waals surface area contributed by atoms with Gasteiger partial charge in [0, 0.05) is 17.6 Å². The molecule has 208 valence electrons. The van der Waals surface area contributed by atoms with Crippen molar-refractivity contribution in [1.82, 2.24) is 10.2 Å². The largest absolute Gasteiger partial charge is 0.497 e. The third kappa shape index (κ3) is 7.79. The summed E-state index contributed by atoms with van der Waals surface area (Å²) in [5, 5.41) is 2.79. The highest BCUT2D eigenvalue weighted by Gasteiger charge is 2.32. The fraction of sp³-hybridized carbons (Fsp3) is 0.286. The number of hydrogen-bond donors (Lipinski definition) is 1. The van der Waals surface area contributed by atoms with Crippen LogP contribution < -0.4 is 14.4 Å². The number of nitrogens with zero attached hydrogens (tertiary/aromatic N) is 2. The minimum absolute atomic E-state index is 0.0754. The number of methoxy groups -OCH3 is 1. The van der Waals surface area contributed by atoms with Gasteiger partial charge < -0.3 is 15.0 Å². The number of carbonyl (C=O) groups is 2. The van der Waals surface area contributed by atoms with Gasteiger partial charge in [0.05, 0.1) is 17.7 Å². The molecule has 0 aliphatic carbocycles. The van der Waals surface area contributed by atoms with Crippen LogP contribution in [0.4, 0.5) is 10.1 Å². The lowest BCUT2D eigenvalue weighted by Crippen LogP contribution is -2.51. The van der Waals surface area contributed by atoms with E-state index in [0.29, 0.717) is 12.3 Å². The van der Waals surface area contributed by atoms with Crippen molar-refractivity contribution in [3.63, 3.8) is 0 Å². The van der Waals surface area contributed by atoms with Crippen molar-refractivity contribution in [1.29, 1.82) is 0 Å². The van der Waals surface area contributed by atoms with Crippen molar-refractivity contribution >= 4 is 43.5 Å². The topological polar surface area (TPSA) is 96.0 Å². The normalized spacial score (nSPS) is 11.9. The van der Waals surface area contributed by atoms with Crippen LogP contribution in [-0.2, 0) is 26.2 Å². The van der Waals surface area contributed by atoms with Crippen LogP contribution >= 0.6 is 15.9 Å². The van der Waals surface area contributed by atoms with E-state index < -0.39 is 34.3 Å². The number of hydrogen-bond acceptors (Lipinski definition) is 5. The lowest BCUT2D eigenvalue weighted by molar-refractivity contribution is -0.139. The fourth-order valence-corrected chi connectivity index (χ4v) is 5.45. The van der Waals surface area contributed by atoms with Crippen LogP contribution in [-0.4, -0.2) is 51.4 Å². The maximum atomic E-state index is 13.8. The van der Waals surface area contributed by atoms with Crippen LogP contribution in [0.15, 0.2) is 82.2 Å². The molecule has 0 radical (unpaired) electrons. The first kappa shape index (κ1) is 30.1. The average Bonchev–Trinajstić information content (AvgIpc) is 2.94. The van der Waals surface area contributed by atoms with E-state index in [4.69, 9.17) is 4.74 Å². The molecule has 3 rings (SSSR count). The zero-order valence-electron chi connectivity index (χ0n) is 21.9. The van der Waals surface area contributed by atoms with Crippen molar-refractivity contribution in [3.05, 3.63) is 88.6 Å². The van der Waals surface area contributed by atoms with Crippen molar-refractivity contribution in [3.8, 4) is 5.75 Å². The summed E-state index contributed by atoms with van der Waals surface area (Å²) >= 11 is 3.39. The Balaban J connectivity index is 2.00. The monoisotopic (exact) mass is 619 g/mol. The Hall–Kier alpha value is -3.44. The predicted molar refractivity (Wildman–Crippen MR) is 151 cm³/mol. The highest BCUT2D eigenvalue weighted by Crippen LogP contribution is 2.26. The second-order valence-corrected chi connectivity index (χ2v) is 11.6. The third-order valence-electron chi connectivity index (χ3n) is 6.02. The summed E-state index contributed by atoms with van der Waals surface area (Å²) in [4.78, 5) is 27.9. The zero-order chi connectivity index (χ0) is 28.6. The molecule has 0 heterocycles. The number of benzene rings is 3. The number of carbonyl (C=O) groups excluding carboxylic acids is 2. The molecule has 0 spiro atoms. The van der Waals surface area contributed by atoms with Crippen molar-refractivity contribution in [2.75, 3.05) is 24.5 Å². The average molecular weight is 621 g/mol.